The summed E-state index contributed by atoms with van der Waals surface area (Å²) in [6.07, 6.45) is -5.82. The van der Waals surface area contributed by atoms with Gasteiger partial charge in [-0.25, -0.2) is 4.79 Å². The van der Waals surface area contributed by atoms with Crippen LogP contribution in [0.5, 0.6) is 0 Å². The second kappa shape index (κ2) is 12.2. The third-order valence-electron chi connectivity index (χ3n) is 9.84. The summed E-state index contributed by atoms with van der Waals surface area (Å²) in [5.74, 6) is -2.61. The summed E-state index contributed by atoms with van der Waals surface area (Å²) in [6.45, 7) is 8.20. The minimum atomic E-state index is -1.62. The van der Waals surface area contributed by atoms with Crippen LogP contribution < -0.4 is 0 Å². The van der Waals surface area contributed by atoms with Crippen molar-refractivity contribution < 1.29 is 44.3 Å². The Labute approximate surface area is 253 Å². The minimum Gasteiger partial charge on any atom is -0.458 e. The lowest BCUT2D eigenvalue weighted by molar-refractivity contribution is -0.166. The second-order valence-corrected chi connectivity index (χ2v) is 13.3. The highest BCUT2D eigenvalue weighted by Crippen LogP contribution is 2.52. The van der Waals surface area contributed by atoms with E-state index in [4.69, 9.17) is 9.47 Å². The lowest BCUT2D eigenvalue weighted by atomic mass is 9.57. The van der Waals surface area contributed by atoms with Crippen LogP contribution in [0.2, 0.25) is 0 Å². The van der Waals surface area contributed by atoms with Gasteiger partial charge in [-0.3, -0.25) is 14.5 Å². The molecule has 0 heterocycles. The van der Waals surface area contributed by atoms with Crippen molar-refractivity contribution >= 4 is 17.7 Å². The van der Waals surface area contributed by atoms with Crippen LogP contribution in [-0.4, -0.2) is 93.8 Å². The van der Waals surface area contributed by atoms with E-state index in [1.807, 2.05) is 19.9 Å². The van der Waals surface area contributed by atoms with Gasteiger partial charge in [0.1, 0.15) is 18.3 Å². The monoisotopic (exact) mass is 599 g/mol. The molecule has 0 spiro atoms. The van der Waals surface area contributed by atoms with Gasteiger partial charge in [0.2, 0.25) is 0 Å². The van der Waals surface area contributed by atoms with Crippen molar-refractivity contribution in [1.82, 2.24) is 4.90 Å². The molecule has 0 aromatic heterocycles. The number of carbonyl (C=O) groups is 3. The lowest BCUT2D eigenvalue weighted by Crippen LogP contribution is -2.56. The Morgan fingerprint density at radius 3 is 2.21 bits per heavy atom. The van der Waals surface area contributed by atoms with E-state index in [1.54, 1.807) is 63.2 Å². The van der Waals surface area contributed by atoms with Gasteiger partial charge in [-0.2, -0.15) is 0 Å². The van der Waals surface area contributed by atoms with Crippen LogP contribution in [0.1, 0.15) is 65.5 Å². The molecule has 4 rings (SSSR count). The molecule has 4 bridgehead atoms. The number of benzene rings is 1. The molecule has 10 heteroatoms. The molecule has 3 aliphatic carbocycles. The largest absolute Gasteiger partial charge is 0.458 e. The average Bonchev–Trinajstić information content (AvgIpc) is 2.91. The molecule has 4 N–H and O–H groups in total. The van der Waals surface area contributed by atoms with Crippen molar-refractivity contribution in [3.63, 3.8) is 0 Å². The molecule has 1 aromatic rings. The highest BCUT2D eigenvalue weighted by molar-refractivity contribution is 5.92. The van der Waals surface area contributed by atoms with E-state index in [2.05, 4.69) is 0 Å². The second-order valence-electron chi connectivity index (χ2n) is 13.3. The number of esters is 2. The number of fused-ring (bicyclic) bond motifs is 4. The molecule has 1 fully saturated rings. The molecule has 9 atom stereocenters. The third kappa shape index (κ3) is 6.08. The summed E-state index contributed by atoms with van der Waals surface area (Å²) in [6, 6.07) is 8.34. The van der Waals surface area contributed by atoms with Crippen LogP contribution in [0, 0.1) is 16.7 Å². The fourth-order valence-corrected chi connectivity index (χ4v) is 7.40. The predicted octanol–water partition coefficient (Wildman–Crippen LogP) is 2.25. The molecule has 0 aliphatic heterocycles. The molecule has 0 saturated heterocycles. The number of Topliss-reactive ketones (excluding diaryl/α,β-unsaturated/α-hetero) is 1. The molecule has 3 aliphatic rings. The zero-order valence-electron chi connectivity index (χ0n) is 26.0. The quantitative estimate of drug-likeness (QED) is 0.283. The molecule has 236 valence electrons. The number of hydrogen-bond donors (Lipinski definition) is 4. The maximum atomic E-state index is 14.0. The third-order valence-corrected chi connectivity index (χ3v) is 9.84. The van der Waals surface area contributed by atoms with Crippen LogP contribution in [0.15, 0.2) is 53.1 Å². The maximum Gasteiger partial charge on any atom is 0.337 e. The standard InChI is InChI=1S/C33H45NO9/c1-17-23(42-18(2)35)14-21-22(36)13-20-16-33(5,30(40)28(38)26(17)32(21,3)4)25(37)15-24(20)43-31(41)29(39)27(34(6)7)19-11-9-8-10-12-19/h8-13,21-25,27-29,36-39H,14-16H2,1-7H3/b20-13+/t21-,22-,23-,24-,25-,27+,28+,29+,33-/m0/s1. The SMILES string of the molecule is CC(=O)O[C@H]1C[C@H]2[C@@H](O)/C=C3\C[C@](C)(C(=O)[C@H](O)C(=C1C)C2(C)C)[C@@H](O)C[C@@H]3OC(=O)[C@H](O)[C@@H](c1ccccc1)N(C)C. The number of hydrogen-bond acceptors (Lipinski definition) is 10. The van der Waals surface area contributed by atoms with Gasteiger partial charge in [0.25, 0.3) is 0 Å². The number of aliphatic hydroxyl groups excluding tert-OH is 4. The fourth-order valence-electron chi connectivity index (χ4n) is 7.40. The van der Waals surface area contributed by atoms with Crippen LogP contribution in [-0.2, 0) is 23.9 Å². The highest BCUT2D eigenvalue weighted by atomic mass is 16.6. The maximum absolute atomic E-state index is 14.0. The Morgan fingerprint density at radius 1 is 1.00 bits per heavy atom. The van der Waals surface area contributed by atoms with Gasteiger partial charge >= 0.3 is 11.9 Å². The Kier molecular flexibility index (Phi) is 9.40. The summed E-state index contributed by atoms with van der Waals surface area (Å²) in [5.41, 5.74) is -0.308. The minimum absolute atomic E-state index is 0.0716. The van der Waals surface area contributed by atoms with E-state index in [0.29, 0.717) is 22.3 Å². The van der Waals surface area contributed by atoms with E-state index in [-0.39, 0.29) is 19.3 Å². The van der Waals surface area contributed by atoms with Crippen molar-refractivity contribution in [2.24, 2.45) is 16.7 Å². The normalized spacial score (nSPS) is 35.0. The Bertz CT molecular complexity index is 1300. The summed E-state index contributed by atoms with van der Waals surface area (Å²) in [4.78, 5) is 41.0. The van der Waals surface area contributed by atoms with Gasteiger partial charge in [-0.05, 0) is 68.5 Å². The predicted molar refractivity (Wildman–Crippen MR) is 157 cm³/mol. The van der Waals surface area contributed by atoms with Crippen molar-refractivity contribution in [2.75, 3.05) is 14.1 Å². The van der Waals surface area contributed by atoms with Crippen LogP contribution >= 0.6 is 0 Å². The zero-order chi connectivity index (χ0) is 32.0. The summed E-state index contributed by atoms with van der Waals surface area (Å²) < 4.78 is 11.4. The molecule has 10 nitrogen and oxygen atoms in total. The highest BCUT2D eigenvalue weighted by Gasteiger charge is 2.55. The number of ketones is 1. The lowest BCUT2D eigenvalue weighted by Gasteiger charge is -2.50. The first kappa shape index (κ1) is 33.0. The van der Waals surface area contributed by atoms with Crippen LogP contribution in [0.25, 0.3) is 0 Å². The number of aliphatic hydroxyl groups is 4. The van der Waals surface area contributed by atoms with Gasteiger partial charge in [-0.1, -0.05) is 50.3 Å². The smallest absolute Gasteiger partial charge is 0.337 e. The molecular weight excluding hydrogens is 554 g/mol. The fraction of sp³-hybridized carbons (Fsp3) is 0.606. The number of carbonyl (C=O) groups excluding carboxylic acids is 3. The molecule has 0 unspecified atom stereocenters. The van der Waals surface area contributed by atoms with Crippen LogP contribution in [0.4, 0.5) is 0 Å². The number of nitrogens with zero attached hydrogens (tertiary/aromatic N) is 1. The van der Waals surface area contributed by atoms with Crippen LogP contribution in [0.3, 0.4) is 0 Å². The first-order valence-corrected chi connectivity index (χ1v) is 14.8. The van der Waals surface area contributed by atoms with E-state index in [1.165, 1.54) is 6.92 Å². The first-order chi connectivity index (χ1) is 20.0. The first-order valence-electron chi connectivity index (χ1n) is 14.8. The van der Waals surface area contributed by atoms with Crippen molar-refractivity contribution in [3.05, 3.63) is 58.7 Å². The number of likely N-dealkylation sites (N-methyl/N-ethyl adjacent to an activating group) is 1. The summed E-state index contributed by atoms with van der Waals surface area (Å²) in [7, 11) is 3.47. The topological polar surface area (TPSA) is 154 Å². The molecule has 0 radical (unpaired) electrons. The van der Waals surface area contributed by atoms with E-state index in [9.17, 15) is 34.8 Å². The summed E-state index contributed by atoms with van der Waals surface area (Å²) in [5, 5.41) is 45.7. The van der Waals surface area contributed by atoms with Gasteiger partial charge in [0.05, 0.1) is 23.7 Å². The molecule has 1 aromatic carbocycles. The Morgan fingerprint density at radius 2 is 1.63 bits per heavy atom. The van der Waals surface area contributed by atoms with Crippen molar-refractivity contribution in [2.45, 2.75) is 96.5 Å². The summed E-state index contributed by atoms with van der Waals surface area (Å²) >= 11 is 0. The van der Waals surface area contributed by atoms with Gasteiger partial charge < -0.3 is 29.9 Å². The average molecular weight is 600 g/mol. The zero-order valence-corrected chi connectivity index (χ0v) is 26.0. The molecular formula is C33H45NO9. The number of rotatable bonds is 6. The molecule has 0 amide bonds. The molecule has 1 saturated carbocycles. The van der Waals surface area contributed by atoms with Gasteiger partial charge in [0.15, 0.2) is 11.9 Å². The van der Waals surface area contributed by atoms with Crippen molar-refractivity contribution in [3.8, 4) is 0 Å². The van der Waals surface area contributed by atoms with E-state index < -0.39 is 77.1 Å². The van der Waals surface area contributed by atoms with E-state index in [0.717, 1.165) is 0 Å². The van der Waals surface area contributed by atoms with Gasteiger partial charge in [0, 0.05) is 19.3 Å². The Hall–Kier alpha value is -2.89. The van der Waals surface area contributed by atoms with Gasteiger partial charge in [-0.15, -0.1) is 0 Å². The van der Waals surface area contributed by atoms with E-state index >= 15 is 0 Å². The van der Waals surface area contributed by atoms with Crippen molar-refractivity contribution in [1.29, 1.82) is 0 Å². The number of ether oxygens (including phenoxy) is 2. The molecule has 43 heavy (non-hydrogen) atoms. The Balaban J connectivity index is 1.74.